The molecule has 3 aromatic rings. The molecule has 3 rings (SSSR count). The molecule has 2 heterocycles. The fraction of sp³-hybridized carbons (Fsp3) is 0. The highest BCUT2D eigenvalue weighted by Crippen LogP contribution is 2.22. The zero-order valence-electron chi connectivity index (χ0n) is 7.27. The number of aromatic nitrogens is 3. The van der Waals surface area contributed by atoms with Gasteiger partial charge in [-0.1, -0.05) is 22.7 Å². The Bertz CT molecular complexity index is 521. The van der Waals surface area contributed by atoms with Gasteiger partial charge in [-0.2, -0.15) is 0 Å². The number of hydrogen-bond acceptors (Lipinski definition) is 3. The molecule has 0 unspecified atom stereocenters. The van der Waals surface area contributed by atoms with Crippen molar-refractivity contribution in [2.75, 3.05) is 0 Å². The molecule has 0 radical (unpaired) electrons. The number of benzene rings is 1. The normalized spacial score (nSPS) is 10.9. The number of H-pyrrole nitrogens is 1. The van der Waals surface area contributed by atoms with E-state index >= 15 is 0 Å². The smallest absolute Gasteiger partial charge is 0.122 e. The van der Waals surface area contributed by atoms with Gasteiger partial charge >= 0.3 is 0 Å². The lowest BCUT2D eigenvalue weighted by molar-refractivity contribution is 1.15. The van der Waals surface area contributed by atoms with Crippen LogP contribution in [0.3, 0.4) is 0 Å². The fourth-order valence-corrected chi connectivity index (χ4v) is 1.95. The van der Waals surface area contributed by atoms with Gasteiger partial charge < -0.3 is 4.98 Å². The topological polar surface area (TPSA) is 41.6 Å². The van der Waals surface area contributed by atoms with Gasteiger partial charge in [-0.25, -0.2) is 0 Å². The number of aromatic amines is 1. The standard InChI is InChI=1S/C10H7N3S/c1-2-4-8-7(3-1)5-9(11-8)10-6-14-13-12-10/h1-6,11H. The number of fused-ring (bicyclic) bond motifs is 1. The lowest BCUT2D eigenvalue weighted by Gasteiger charge is -1.86. The van der Waals surface area contributed by atoms with Gasteiger partial charge in [0, 0.05) is 16.3 Å². The Balaban J connectivity index is 2.24. The van der Waals surface area contributed by atoms with Crippen molar-refractivity contribution in [2.24, 2.45) is 0 Å². The van der Waals surface area contributed by atoms with Crippen molar-refractivity contribution in [3.05, 3.63) is 35.7 Å². The van der Waals surface area contributed by atoms with E-state index < -0.39 is 0 Å². The Labute approximate surface area is 84.6 Å². The van der Waals surface area contributed by atoms with Gasteiger partial charge in [0.25, 0.3) is 0 Å². The van der Waals surface area contributed by atoms with Crippen molar-refractivity contribution in [1.29, 1.82) is 0 Å². The maximum absolute atomic E-state index is 4.02. The van der Waals surface area contributed by atoms with Crippen LogP contribution < -0.4 is 0 Å². The van der Waals surface area contributed by atoms with E-state index in [4.69, 9.17) is 0 Å². The van der Waals surface area contributed by atoms with Crippen molar-refractivity contribution >= 4 is 22.4 Å². The van der Waals surface area contributed by atoms with Crippen molar-refractivity contribution < 1.29 is 0 Å². The Morgan fingerprint density at radius 3 is 2.93 bits per heavy atom. The zero-order valence-corrected chi connectivity index (χ0v) is 8.08. The van der Waals surface area contributed by atoms with Crippen LogP contribution in [0.4, 0.5) is 0 Å². The molecule has 3 nitrogen and oxygen atoms in total. The summed E-state index contributed by atoms with van der Waals surface area (Å²) in [6, 6.07) is 10.3. The molecule has 0 aliphatic heterocycles. The monoisotopic (exact) mass is 201 g/mol. The predicted molar refractivity (Wildman–Crippen MR) is 57.2 cm³/mol. The summed E-state index contributed by atoms with van der Waals surface area (Å²) in [6.07, 6.45) is 0. The third-order valence-electron chi connectivity index (χ3n) is 2.17. The van der Waals surface area contributed by atoms with Crippen molar-refractivity contribution in [3.8, 4) is 11.4 Å². The van der Waals surface area contributed by atoms with E-state index in [1.165, 1.54) is 16.9 Å². The van der Waals surface area contributed by atoms with Gasteiger partial charge in [-0.05, 0) is 23.7 Å². The number of hydrogen-bond donors (Lipinski definition) is 1. The largest absolute Gasteiger partial charge is 0.353 e. The molecule has 2 aromatic heterocycles. The Morgan fingerprint density at radius 2 is 2.14 bits per heavy atom. The molecule has 4 heteroatoms. The van der Waals surface area contributed by atoms with Gasteiger partial charge in [0.1, 0.15) is 5.69 Å². The first-order chi connectivity index (χ1) is 6.93. The van der Waals surface area contributed by atoms with Crippen LogP contribution in [0.2, 0.25) is 0 Å². The summed E-state index contributed by atoms with van der Waals surface area (Å²) in [6.45, 7) is 0. The van der Waals surface area contributed by atoms with Gasteiger partial charge in [-0.3, -0.25) is 0 Å². The fourth-order valence-electron chi connectivity index (χ4n) is 1.49. The van der Waals surface area contributed by atoms with Crippen LogP contribution in [-0.4, -0.2) is 14.6 Å². The third-order valence-corrected chi connectivity index (χ3v) is 2.67. The summed E-state index contributed by atoms with van der Waals surface area (Å²) in [5, 5.41) is 7.16. The van der Waals surface area contributed by atoms with E-state index in [0.29, 0.717) is 0 Å². The molecule has 1 N–H and O–H groups in total. The van der Waals surface area contributed by atoms with Crippen LogP contribution in [-0.2, 0) is 0 Å². The average Bonchev–Trinajstić information content (AvgIpc) is 2.86. The molecule has 0 bridgehead atoms. The lowest BCUT2D eigenvalue weighted by Crippen LogP contribution is -1.75. The van der Waals surface area contributed by atoms with Crippen LogP contribution >= 0.6 is 11.5 Å². The number of rotatable bonds is 1. The molecule has 0 aliphatic carbocycles. The average molecular weight is 201 g/mol. The molecule has 0 aliphatic rings. The van der Waals surface area contributed by atoms with Gasteiger partial charge in [0.15, 0.2) is 0 Å². The summed E-state index contributed by atoms with van der Waals surface area (Å²) < 4.78 is 3.84. The maximum Gasteiger partial charge on any atom is 0.122 e. The van der Waals surface area contributed by atoms with Gasteiger partial charge in [-0.15, -0.1) is 5.10 Å². The second-order valence-electron chi connectivity index (χ2n) is 3.06. The number of nitrogens with zero attached hydrogens (tertiary/aromatic N) is 2. The van der Waals surface area contributed by atoms with E-state index in [-0.39, 0.29) is 0 Å². The molecule has 0 fully saturated rings. The Morgan fingerprint density at radius 1 is 1.21 bits per heavy atom. The molecule has 0 atom stereocenters. The van der Waals surface area contributed by atoms with E-state index in [2.05, 4.69) is 32.8 Å². The van der Waals surface area contributed by atoms with Gasteiger partial charge in [0.2, 0.25) is 0 Å². The molecular formula is C10H7N3S. The summed E-state index contributed by atoms with van der Waals surface area (Å²) in [5.41, 5.74) is 3.07. The Hall–Kier alpha value is -1.68. The molecule has 0 amide bonds. The first-order valence-corrected chi connectivity index (χ1v) is 5.12. The first-order valence-electron chi connectivity index (χ1n) is 4.29. The van der Waals surface area contributed by atoms with Crippen molar-refractivity contribution in [1.82, 2.24) is 14.6 Å². The number of para-hydroxylation sites is 1. The van der Waals surface area contributed by atoms with Crippen LogP contribution in [0.5, 0.6) is 0 Å². The quantitative estimate of drug-likeness (QED) is 0.657. The maximum atomic E-state index is 4.02. The van der Waals surface area contributed by atoms with E-state index in [1.807, 2.05) is 17.5 Å². The van der Waals surface area contributed by atoms with Crippen LogP contribution in [0.1, 0.15) is 0 Å². The second-order valence-corrected chi connectivity index (χ2v) is 3.67. The van der Waals surface area contributed by atoms with Crippen LogP contribution in [0.25, 0.3) is 22.3 Å². The molecule has 68 valence electrons. The molecule has 0 spiro atoms. The van der Waals surface area contributed by atoms with Crippen molar-refractivity contribution in [2.45, 2.75) is 0 Å². The van der Waals surface area contributed by atoms with Crippen LogP contribution in [0, 0.1) is 0 Å². The molecule has 14 heavy (non-hydrogen) atoms. The van der Waals surface area contributed by atoms with Crippen molar-refractivity contribution in [3.63, 3.8) is 0 Å². The summed E-state index contributed by atoms with van der Waals surface area (Å²) in [5.74, 6) is 0. The molecule has 0 saturated carbocycles. The summed E-state index contributed by atoms with van der Waals surface area (Å²) in [4.78, 5) is 3.30. The summed E-state index contributed by atoms with van der Waals surface area (Å²) >= 11 is 1.36. The SMILES string of the molecule is c1ccc2[nH]c(-c3csnn3)cc2c1. The second kappa shape index (κ2) is 2.92. The first kappa shape index (κ1) is 7.70. The molecule has 1 aromatic carbocycles. The minimum Gasteiger partial charge on any atom is -0.353 e. The summed E-state index contributed by atoms with van der Waals surface area (Å²) in [7, 11) is 0. The molecule has 0 saturated heterocycles. The van der Waals surface area contributed by atoms with E-state index in [0.717, 1.165) is 16.9 Å². The van der Waals surface area contributed by atoms with E-state index in [9.17, 15) is 0 Å². The lowest BCUT2D eigenvalue weighted by atomic mass is 10.2. The zero-order chi connectivity index (χ0) is 9.38. The highest BCUT2D eigenvalue weighted by molar-refractivity contribution is 7.03. The van der Waals surface area contributed by atoms with Crippen LogP contribution in [0.15, 0.2) is 35.7 Å². The minimum atomic E-state index is 0.909. The third kappa shape index (κ3) is 1.12. The highest BCUT2D eigenvalue weighted by atomic mass is 32.1. The highest BCUT2D eigenvalue weighted by Gasteiger charge is 2.04. The number of nitrogens with one attached hydrogen (secondary N) is 1. The Kier molecular flexibility index (Phi) is 1.61. The predicted octanol–water partition coefficient (Wildman–Crippen LogP) is 2.69. The molecular weight excluding hydrogens is 194 g/mol. The minimum absolute atomic E-state index is 0.909. The van der Waals surface area contributed by atoms with Gasteiger partial charge in [0.05, 0.1) is 5.69 Å². The van der Waals surface area contributed by atoms with E-state index in [1.54, 1.807) is 0 Å².